The number of esters is 2. The maximum atomic E-state index is 12.6. The van der Waals surface area contributed by atoms with E-state index in [-0.39, 0.29) is 17.9 Å². The predicted octanol–water partition coefficient (Wildman–Crippen LogP) is 4.58. The van der Waals surface area contributed by atoms with E-state index in [2.05, 4.69) is 0 Å². The van der Waals surface area contributed by atoms with Crippen molar-refractivity contribution in [3.8, 4) is 11.5 Å². The van der Waals surface area contributed by atoms with Crippen molar-refractivity contribution in [3.63, 3.8) is 0 Å². The van der Waals surface area contributed by atoms with E-state index in [1.165, 1.54) is 12.1 Å². The van der Waals surface area contributed by atoms with Crippen molar-refractivity contribution in [1.82, 2.24) is 0 Å². The van der Waals surface area contributed by atoms with Crippen LogP contribution >= 0.6 is 0 Å². The van der Waals surface area contributed by atoms with E-state index in [4.69, 9.17) is 34.2 Å². The van der Waals surface area contributed by atoms with E-state index in [0.717, 1.165) is 0 Å². The van der Waals surface area contributed by atoms with Crippen LogP contribution in [-0.4, -0.2) is 54.7 Å². The van der Waals surface area contributed by atoms with E-state index >= 15 is 0 Å². The fourth-order valence-electron chi connectivity index (χ4n) is 3.07. The van der Waals surface area contributed by atoms with E-state index in [0.29, 0.717) is 11.1 Å². The Kier molecular flexibility index (Phi) is 11.7. The molecular weight excluding hydrogens is 510 g/mol. The summed E-state index contributed by atoms with van der Waals surface area (Å²) in [5, 5.41) is 0. The Morgan fingerprint density at radius 2 is 1.23 bits per heavy atom. The van der Waals surface area contributed by atoms with Crippen LogP contribution in [0.2, 0.25) is 0 Å². The Balaban J connectivity index is 2.06. The number of benzene rings is 2. The fraction of sp³-hybridized carbons (Fsp3) is 0.429. The zero-order chi connectivity index (χ0) is 29.1. The van der Waals surface area contributed by atoms with Crippen LogP contribution in [0.25, 0.3) is 0 Å². The summed E-state index contributed by atoms with van der Waals surface area (Å²) in [4.78, 5) is 49.0. The van der Waals surface area contributed by atoms with Crippen molar-refractivity contribution >= 4 is 24.2 Å². The average Bonchev–Trinajstić information content (AvgIpc) is 2.84. The highest BCUT2D eigenvalue weighted by Crippen LogP contribution is 2.30. The lowest BCUT2D eigenvalue weighted by Crippen LogP contribution is -2.39. The highest BCUT2D eigenvalue weighted by Gasteiger charge is 2.25. The number of nitrogens with two attached hydrogens (primary N) is 1. The van der Waals surface area contributed by atoms with E-state index in [9.17, 15) is 19.2 Å². The minimum Gasteiger partial charge on any atom is -0.458 e. The first-order valence-electron chi connectivity index (χ1n) is 12.5. The van der Waals surface area contributed by atoms with E-state index < -0.39 is 54.7 Å². The first-order chi connectivity index (χ1) is 18.3. The molecular formula is C28H35NO10. The van der Waals surface area contributed by atoms with Gasteiger partial charge >= 0.3 is 24.2 Å². The van der Waals surface area contributed by atoms with Crippen LogP contribution < -0.4 is 15.2 Å². The minimum atomic E-state index is -1.10. The summed E-state index contributed by atoms with van der Waals surface area (Å²) in [6, 6.07) is 11.6. The lowest BCUT2D eigenvalue weighted by molar-refractivity contribution is -0.154. The van der Waals surface area contributed by atoms with Gasteiger partial charge in [-0.15, -0.1) is 0 Å². The van der Waals surface area contributed by atoms with Crippen LogP contribution in [0.3, 0.4) is 0 Å². The van der Waals surface area contributed by atoms with Gasteiger partial charge in [0.15, 0.2) is 11.5 Å². The van der Waals surface area contributed by atoms with Crippen molar-refractivity contribution in [2.24, 2.45) is 5.73 Å². The van der Waals surface area contributed by atoms with Gasteiger partial charge in [0.1, 0.15) is 18.2 Å². The topological polar surface area (TPSA) is 150 Å². The molecule has 0 aromatic heterocycles. The summed E-state index contributed by atoms with van der Waals surface area (Å²) in [5.41, 5.74) is 6.91. The molecule has 0 amide bonds. The molecule has 0 unspecified atom stereocenters. The normalized spacial score (nSPS) is 13.2. The first-order valence-corrected chi connectivity index (χ1v) is 12.5. The molecule has 2 N–H and O–H groups in total. The molecule has 0 radical (unpaired) electrons. The van der Waals surface area contributed by atoms with E-state index in [1.54, 1.807) is 77.9 Å². The number of hydrogen-bond donors (Lipinski definition) is 1. The maximum Gasteiger partial charge on any atom is 0.514 e. The van der Waals surface area contributed by atoms with Gasteiger partial charge in [0, 0.05) is 0 Å². The Morgan fingerprint density at radius 1 is 0.692 bits per heavy atom. The standard InChI is InChI=1S/C28H35NO10/c1-16(2)34-27(32)38-23-13-12-20(15-24(23)39-28(33)35-17(3)4)14-22(29)26(31)37-19(6)18(5)36-25(30)21-10-8-7-9-11-21/h7-13,15-19,22H,14,29H2,1-6H3/t18-,19-,22-/m0/s1. The molecule has 11 nitrogen and oxygen atoms in total. The first kappa shape index (κ1) is 31.1. The van der Waals surface area contributed by atoms with Crippen molar-refractivity contribution in [2.75, 3.05) is 0 Å². The molecule has 2 aromatic carbocycles. The Bertz CT molecular complexity index is 1130. The lowest BCUT2D eigenvalue weighted by Gasteiger charge is -2.22. The van der Waals surface area contributed by atoms with Crippen LogP contribution in [0.5, 0.6) is 11.5 Å². The summed E-state index contributed by atoms with van der Waals surface area (Å²) in [5.74, 6) is -1.50. The third kappa shape index (κ3) is 10.6. The van der Waals surface area contributed by atoms with Crippen LogP contribution in [0, 0.1) is 0 Å². The van der Waals surface area contributed by atoms with Crippen LogP contribution in [-0.2, 0) is 30.2 Å². The molecule has 0 spiro atoms. The van der Waals surface area contributed by atoms with Gasteiger partial charge in [-0.3, -0.25) is 4.79 Å². The van der Waals surface area contributed by atoms with Crippen molar-refractivity contribution in [1.29, 1.82) is 0 Å². The molecule has 0 heterocycles. The molecule has 0 aliphatic rings. The summed E-state index contributed by atoms with van der Waals surface area (Å²) < 4.78 is 31.1. The van der Waals surface area contributed by atoms with Crippen LogP contribution in [0.4, 0.5) is 9.59 Å². The Morgan fingerprint density at radius 3 is 1.79 bits per heavy atom. The van der Waals surface area contributed by atoms with Crippen LogP contribution in [0.1, 0.15) is 57.5 Å². The summed E-state index contributed by atoms with van der Waals surface area (Å²) in [6.45, 7) is 9.78. The van der Waals surface area contributed by atoms with Gasteiger partial charge in [0.25, 0.3) is 0 Å². The summed E-state index contributed by atoms with van der Waals surface area (Å²) in [6.07, 6.45) is -4.39. The van der Waals surface area contributed by atoms with Gasteiger partial charge in [0.05, 0.1) is 17.8 Å². The second-order valence-corrected chi connectivity index (χ2v) is 9.25. The number of carbonyl (C=O) groups excluding carboxylic acids is 4. The zero-order valence-electron chi connectivity index (χ0n) is 22.9. The molecule has 3 atom stereocenters. The number of rotatable bonds is 11. The predicted molar refractivity (Wildman–Crippen MR) is 139 cm³/mol. The molecule has 0 saturated heterocycles. The molecule has 0 aliphatic carbocycles. The molecule has 212 valence electrons. The molecule has 0 bridgehead atoms. The quantitative estimate of drug-likeness (QED) is 0.240. The average molecular weight is 546 g/mol. The SMILES string of the molecule is CC(C)OC(=O)Oc1ccc(C[C@H](N)C(=O)O[C@@H](C)[C@H](C)OC(=O)c2ccccc2)cc1OC(=O)OC(C)C. The van der Waals surface area contributed by atoms with Crippen molar-refractivity contribution < 1.29 is 47.6 Å². The molecule has 0 aliphatic heterocycles. The maximum absolute atomic E-state index is 12.6. The second kappa shape index (κ2) is 14.7. The fourth-order valence-corrected chi connectivity index (χ4v) is 3.07. The number of hydrogen-bond acceptors (Lipinski definition) is 11. The molecule has 39 heavy (non-hydrogen) atoms. The smallest absolute Gasteiger partial charge is 0.458 e. The largest absolute Gasteiger partial charge is 0.514 e. The Hall–Kier alpha value is -4.12. The molecule has 2 rings (SSSR count). The summed E-state index contributed by atoms with van der Waals surface area (Å²) in [7, 11) is 0. The zero-order valence-corrected chi connectivity index (χ0v) is 22.9. The Labute approximate surface area is 227 Å². The summed E-state index contributed by atoms with van der Waals surface area (Å²) >= 11 is 0. The van der Waals surface area contributed by atoms with E-state index in [1.807, 2.05) is 0 Å². The molecule has 0 fully saturated rings. The number of ether oxygens (including phenoxy) is 6. The van der Waals surface area contributed by atoms with Crippen molar-refractivity contribution in [3.05, 3.63) is 59.7 Å². The highest BCUT2D eigenvalue weighted by atomic mass is 16.7. The minimum absolute atomic E-state index is 0.00392. The monoisotopic (exact) mass is 545 g/mol. The van der Waals surface area contributed by atoms with Gasteiger partial charge < -0.3 is 34.2 Å². The van der Waals surface area contributed by atoms with Crippen molar-refractivity contribution in [2.45, 2.75) is 78.4 Å². The number of carbonyl (C=O) groups is 4. The molecule has 11 heteroatoms. The van der Waals surface area contributed by atoms with Gasteiger partial charge in [-0.05, 0) is 77.8 Å². The third-order valence-electron chi connectivity index (χ3n) is 5.08. The lowest BCUT2D eigenvalue weighted by atomic mass is 10.1. The second-order valence-electron chi connectivity index (χ2n) is 9.25. The van der Waals surface area contributed by atoms with Gasteiger partial charge in [-0.1, -0.05) is 24.3 Å². The van der Waals surface area contributed by atoms with Gasteiger partial charge in [-0.25, -0.2) is 14.4 Å². The van der Waals surface area contributed by atoms with Crippen LogP contribution in [0.15, 0.2) is 48.5 Å². The molecule has 2 aromatic rings. The van der Waals surface area contributed by atoms with Gasteiger partial charge in [-0.2, -0.15) is 0 Å². The molecule has 0 saturated carbocycles. The highest BCUT2D eigenvalue weighted by molar-refractivity contribution is 5.89. The third-order valence-corrected chi connectivity index (χ3v) is 5.08. The van der Waals surface area contributed by atoms with Gasteiger partial charge in [0.2, 0.25) is 0 Å².